The second-order valence-corrected chi connectivity index (χ2v) is 7.29. The van der Waals surface area contributed by atoms with Gasteiger partial charge < -0.3 is 5.32 Å². The lowest BCUT2D eigenvalue weighted by Gasteiger charge is -2.17. The maximum Gasteiger partial charge on any atom is 0.150 e. The van der Waals surface area contributed by atoms with Crippen molar-refractivity contribution < 1.29 is 8.42 Å². The van der Waals surface area contributed by atoms with Crippen LogP contribution in [-0.4, -0.2) is 32.5 Å². The summed E-state index contributed by atoms with van der Waals surface area (Å²) < 4.78 is 22.7. The second kappa shape index (κ2) is 6.60. The number of rotatable bonds is 9. The van der Waals surface area contributed by atoms with Crippen molar-refractivity contribution in [2.75, 3.05) is 18.1 Å². The minimum Gasteiger partial charge on any atom is -0.314 e. The standard InChI is InChI=1S/C12H25NO2S/c1-3-13-12(10-11-7-8-11)6-5-9-16(14,15)4-2/h11-13H,3-10H2,1-2H3. The van der Waals surface area contributed by atoms with E-state index >= 15 is 0 Å². The molecule has 0 amide bonds. The Bertz CT molecular complexity index is 283. The summed E-state index contributed by atoms with van der Waals surface area (Å²) >= 11 is 0. The Labute approximate surface area is 99.9 Å². The van der Waals surface area contributed by atoms with E-state index in [1.807, 2.05) is 0 Å². The quantitative estimate of drug-likeness (QED) is 0.677. The van der Waals surface area contributed by atoms with Gasteiger partial charge in [0.2, 0.25) is 0 Å². The molecule has 0 heterocycles. The lowest BCUT2D eigenvalue weighted by molar-refractivity contribution is 0.438. The van der Waals surface area contributed by atoms with E-state index in [2.05, 4.69) is 12.2 Å². The number of sulfone groups is 1. The van der Waals surface area contributed by atoms with Crippen molar-refractivity contribution in [1.29, 1.82) is 0 Å². The third-order valence-corrected chi connectivity index (χ3v) is 5.05. The predicted octanol–water partition coefficient (Wildman–Crippen LogP) is 1.98. The number of hydrogen-bond donors (Lipinski definition) is 1. The highest BCUT2D eigenvalue weighted by Gasteiger charge is 2.25. The molecule has 1 aliphatic rings. The van der Waals surface area contributed by atoms with Crippen molar-refractivity contribution in [1.82, 2.24) is 5.32 Å². The van der Waals surface area contributed by atoms with Crippen LogP contribution in [-0.2, 0) is 9.84 Å². The monoisotopic (exact) mass is 247 g/mol. The highest BCUT2D eigenvalue weighted by molar-refractivity contribution is 7.91. The Morgan fingerprint density at radius 1 is 1.31 bits per heavy atom. The van der Waals surface area contributed by atoms with Crippen LogP contribution in [0.1, 0.15) is 46.0 Å². The summed E-state index contributed by atoms with van der Waals surface area (Å²) in [5.41, 5.74) is 0. The minimum atomic E-state index is -2.77. The lowest BCUT2D eigenvalue weighted by atomic mass is 10.1. The van der Waals surface area contributed by atoms with E-state index in [4.69, 9.17) is 0 Å². The Balaban J connectivity index is 2.20. The van der Waals surface area contributed by atoms with E-state index in [0.717, 1.165) is 25.3 Å². The van der Waals surface area contributed by atoms with Crippen molar-refractivity contribution in [3.05, 3.63) is 0 Å². The number of nitrogens with one attached hydrogen (secondary N) is 1. The molecule has 0 saturated heterocycles. The van der Waals surface area contributed by atoms with Crippen LogP contribution >= 0.6 is 0 Å². The van der Waals surface area contributed by atoms with E-state index in [1.165, 1.54) is 19.3 Å². The fourth-order valence-corrected chi connectivity index (χ4v) is 2.94. The molecule has 3 nitrogen and oxygen atoms in total. The topological polar surface area (TPSA) is 46.2 Å². The second-order valence-electron chi connectivity index (χ2n) is 4.81. The van der Waals surface area contributed by atoms with E-state index in [1.54, 1.807) is 6.92 Å². The smallest absolute Gasteiger partial charge is 0.150 e. The van der Waals surface area contributed by atoms with Crippen LogP contribution in [0, 0.1) is 5.92 Å². The molecule has 1 fully saturated rings. The average molecular weight is 247 g/mol. The summed E-state index contributed by atoms with van der Waals surface area (Å²) in [6.45, 7) is 4.82. The molecule has 0 aliphatic heterocycles. The van der Waals surface area contributed by atoms with Gasteiger partial charge in [-0.25, -0.2) is 8.42 Å². The molecule has 16 heavy (non-hydrogen) atoms. The normalized spacial score (nSPS) is 18.6. The van der Waals surface area contributed by atoms with Gasteiger partial charge in [-0.2, -0.15) is 0 Å². The molecule has 1 aliphatic carbocycles. The molecule has 0 aromatic heterocycles. The Hall–Kier alpha value is -0.0900. The summed E-state index contributed by atoms with van der Waals surface area (Å²) in [5.74, 6) is 1.55. The van der Waals surface area contributed by atoms with Gasteiger partial charge in [0.15, 0.2) is 0 Å². The van der Waals surface area contributed by atoms with Crippen LogP contribution in [0.2, 0.25) is 0 Å². The molecular formula is C12H25NO2S. The highest BCUT2D eigenvalue weighted by Crippen LogP contribution is 2.34. The Morgan fingerprint density at radius 2 is 2.00 bits per heavy atom. The molecule has 1 saturated carbocycles. The zero-order valence-corrected chi connectivity index (χ0v) is 11.4. The fraction of sp³-hybridized carbons (Fsp3) is 1.00. The largest absolute Gasteiger partial charge is 0.314 e. The maximum absolute atomic E-state index is 11.4. The van der Waals surface area contributed by atoms with Gasteiger partial charge in [0, 0.05) is 11.8 Å². The minimum absolute atomic E-state index is 0.279. The van der Waals surface area contributed by atoms with E-state index in [9.17, 15) is 8.42 Å². The van der Waals surface area contributed by atoms with Crippen molar-refractivity contribution in [2.45, 2.75) is 52.0 Å². The molecule has 1 unspecified atom stereocenters. The molecular weight excluding hydrogens is 222 g/mol. The SMILES string of the molecule is CCNC(CCCS(=O)(=O)CC)CC1CC1. The maximum atomic E-state index is 11.4. The molecule has 0 aromatic carbocycles. The summed E-state index contributed by atoms with van der Waals surface area (Å²) in [5, 5.41) is 3.46. The third kappa shape index (κ3) is 5.85. The summed E-state index contributed by atoms with van der Waals surface area (Å²) in [6, 6.07) is 0.532. The van der Waals surface area contributed by atoms with Crippen LogP contribution in [0.25, 0.3) is 0 Å². The first-order valence-corrected chi connectivity index (χ1v) is 8.33. The molecule has 0 spiro atoms. The van der Waals surface area contributed by atoms with Gasteiger partial charge in [0.1, 0.15) is 9.84 Å². The lowest BCUT2D eigenvalue weighted by Crippen LogP contribution is -2.30. The Kier molecular flexibility index (Phi) is 5.76. The van der Waals surface area contributed by atoms with Crippen LogP contribution in [0.3, 0.4) is 0 Å². The van der Waals surface area contributed by atoms with Gasteiger partial charge in [0.25, 0.3) is 0 Å². The van der Waals surface area contributed by atoms with Crippen LogP contribution in [0.15, 0.2) is 0 Å². The summed E-state index contributed by atoms with van der Waals surface area (Å²) in [4.78, 5) is 0. The van der Waals surface area contributed by atoms with Gasteiger partial charge in [-0.1, -0.05) is 26.7 Å². The predicted molar refractivity (Wildman–Crippen MR) is 68.4 cm³/mol. The van der Waals surface area contributed by atoms with Gasteiger partial charge >= 0.3 is 0 Å². The first-order chi connectivity index (χ1) is 7.57. The summed E-state index contributed by atoms with van der Waals surface area (Å²) in [6.07, 6.45) is 5.79. The molecule has 96 valence electrons. The van der Waals surface area contributed by atoms with Crippen molar-refractivity contribution in [3.63, 3.8) is 0 Å². The third-order valence-electron chi connectivity index (χ3n) is 3.26. The van der Waals surface area contributed by atoms with Gasteiger partial charge in [-0.3, -0.25) is 0 Å². The molecule has 4 heteroatoms. The van der Waals surface area contributed by atoms with Gasteiger partial charge in [-0.15, -0.1) is 0 Å². The van der Waals surface area contributed by atoms with E-state index in [-0.39, 0.29) is 5.75 Å². The van der Waals surface area contributed by atoms with Crippen molar-refractivity contribution in [3.8, 4) is 0 Å². The van der Waals surface area contributed by atoms with Gasteiger partial charge in [0.05, 0.1) is 5.75 Å². The molecule has 0 radical (unpaired) electrons. The van der Waals surface area contributed by atoms with Crippen LogP contribution in [0.4, 0.5) is 0 Å². The first-order valence-electron chi connectivity index (χ1n) is 6.51. The van der Waals surface area contributed by atoms with Crippen LogP contribution in [0.5, 0.6) is 0 Å². The van der Waals surface area contributed by atoms with Gasteiger partial charge in [-0.05, 0) is 31.7 Å². The molecule has 1 N–H and O–H groups in total. The number of hydrogen-bond acceptors (Lipinski definition) is 3. The molecule has 0 bridgehead atoms. The van der Waals surface area contributed by atoms with Crippen LogP contribution < -0.4 is 5.32 Å². The molecule has 1 rings (SSSR count). The zero-order valence-electron chi connectivity index (χ0n) is 10.5. The average Bonchev–Trinajstić information content (AvgIpc) is 3.02. The van der Waals surface area contributed by atoms with E-state index < -0.39 is 9.84 Å². The van der Waals surface area contributed by atoms with Crippen molar-refractivity contribution in [2.24, 2.45) is 5.92 Å². The van der Waals surface area contributed by atoms with E-state index in [0.29, 0.717) is 11.8 Å². The fourth-order valence-electron chi connectivity index (χ4n) is 2.04. The molecule has 1 atom stereocenters. The van der Waals surface area contributed by atoms with Crippen molar-refractivity contribution >= 4 is 9.84 Å². The Morgan fingerprint density at radius 3 is 2.50 bits per heavy atom. The summed E-state index contributed by atoms with van der Waals surface area (Å²) in [7, 11) is -2.77. The zero-order chi connectivity index (χ0) is 12.0. The molecule has 0 aromatic rings. The highest BCUT2D eigenvalue weighted by atomic mass is 32.2. The first kappa shape index (κ1) is 14.0.